The fourth-order valence-electron chi connectivity index (χ4n) is 5.85. The summed E-state index contributed by atoms with van der Waals surface area (Å²) in [5.41, 5.74) is 2.28. The molecule has 2 fully saturated rings. The lowest BCUT2D eigenvalue weighted by Crippen LogP contribution is -2.52. The summed E-state index contributed by atoms with van der Waals surface area (Å²) in [6, 6.07) is 11.2. The maximum Gasteiger partial charge on any atom is 0.254 e. The first kappa shape index (κ1) is 23.8. The van der Waals surface area contributed by atoms with Gasteiger partial charge in [-0.15, -0.1) is 10.2 Å². The smallest absolute Gasteiger partial charge is 0.254 e. The molecule has 0 radical (unpaired) electrons. The topological polar surface area (TPSA) is 123 Å². The lowest BCUT2D eigenvalue weighted by atomic mass is 9.82. The Hall–Kier alpha value is -4.34. The van der Waals surface area contributed by atoms with Crippen LogP contribution in [0.3, 0.4) is 0 Å². The van der Waals surface area contributed by atoms with Gasteiger partial charge in [0.2, 0.25) is 5.82 Å². The number of benzene rings is 2. The van der Waals surface area contributed by atoms with Gasteiger partial charge in [-0.2, -0.15) is 5.21 Å². The number of piperidine rings is 1. The number of aromatic nitrogens is 5. The Bertz CT molecular complexity index is 1590. The molecular weight excluding hydrogens is 496 g/mol. The average molecular weight is 525 g/mol. The average Bonchev–Trinajstić information content (AvgIpc) is 3.65. The lowest BCUT2D eigenvalue weighted by molar-refractivity contribution is -0.00570. The van der Waals surface area contributed by atoms with Gasteiger partial charge in [0.1, 0.15) is 17.1 Å². The van der Waals surface area contributed by atoms with Gasteiger partial charge < -0.3 is 14.4 Å². The van der Waals surface area contributed by atoms with Crippen LogP contribution in [0.25, 0.3) is 22.2 Å². The van der Waals surface area contributed by atoms with Crippen molar-refractivity contribution >= 4 is 22.5 Å². The number of Topliss-reactive ketones (excluding diaryl/α,β-unsaturated/α-hetero) is 1. The number of H-pyrrole nitrogens is 1. The highest BCUT2D eigenvalue weighted by Gasteiger charge is 2.44. The molecule has 10 heteroatoms. The van der Waals surface area contributed by atoms with Crippen molar-refractivity contribution in [3.05, 3.63) is 59.4 Å². The highest BCUT2D eigenvalue weighted by atomic mass is 16.5. The number of ketones is 1. The molecule has 1 amide bonds. The number of tetrazole rings is 1. The normalized spacial score (nSPS) is 18.2. The van der Waals surface area contributed by atoms with Gasteiger partial charge in [-0.1, -0.05) is 0 Å². The Morgan fingerprint density at radius 2 is 2.00 bits per heavy atom. The summed E-state index contributed by atoms with van der Waals surface area (Å²) < 4.78 is 12.4. The Balaban J connectivity index is 1.11. The summed E-state index contributed by atoms with van der Waals surface area (Å²) in [5.74, 6) is 2.15. The van der Waals surface area contributed by atoms with Gasteiger partial charge in [0, 0.05) is 59.9 Å². The summed E-state index contributed by atoms with van der Waals surface area (Å²) in [7, 11) is 0. The molecule has 39 heavy (non-hydrogen) atoms. The van der Waals surface area contributed by atoms with Crippen LogP contribution in [0.2, 0.25) is 0 Å². The van der Waals surface area contributed by atoms with Crippen LogP contribution in [0.4, 0.5) is 0 Å². The zero-order valence-corrected chi connectivity index (χ0v) is 21.6. The van der Waals surface area contributed by atoms with E-state index in [0.29, 0.717) is 72.5 Å². The van der Waals surface area contributed by atoms with Crippen molar-refractivity contribution in [3.8, 4) is 22.9 Å². The van der Waals surface area contributed by atoms with E-state index in [0.717, 1.165) is 29.3 Å². The predicted molar refractivity (Wildman–Crippen MR) is 142 cm³/mol. The Labute approximate surface area is 224 Å². The largest absolute Gasteiger partial charge is 0.493 e. The van der Waals surface area contributed by atoms with Crippen molar-refractivity contribution in [1.82, 2.24) is 30.5 Å². The quantitative estimate of drug-likeness (QED) is 0.409. The van der Waals surface area contributed by atoms with Crippen LogP contribution in [0.1, 0.15) is 71.4 Å². The number of ether oxygens (including phenoxy) is 2. The molecule has 1 spiro atoms. The lowest BCUT2D eigenvalue weighted by Gasteiger charge is -2.44. The van der Waals surface area contributed by atoms with E-state index < -0.39 is 5.60 Å². The van der Waals surface area contributed by atoms with E-state index in [1.54, 1.807) is 12.1 Å². The van der Waals surface area contributed by atoms with Gasteiger partial charge in [0.25, 0.3) is 5.91 Å². The second kappa shape index (κ2) is 9.14. The van der Waals surface area contributed by atoms with Gasteiger partial charge in [-0.05, 0) is 61.4 Å². The SMILES string of the molecule is CCOc1cc(C(=O)N2CCC3(CC2)CC(=O)c2cc(-c4nn[nH]n4)ccc2O3)cc2c(C3CC3)nccc12. The van der Waals surface area contributed by atoms with Gasteiger partial charge in [0.15, 0.2) is 5.78 Å². The number of nitrogens with zero attached hydrogens (tertiary/aromatic N) is 5. The van der Waals surface area contributed by atoms with E-state index in [2.05, 4.69) is 25.6 Å². The van der Waals surface area contributed by atoms with E-state index in [1.165, 1.54) is 0 Å². The van der Waals surface area contributed by atoms with Crippen molar-refractivity contribution in [2.75, 3.05) is 19.7 Å². The molecule has 2 aromatic carbocycles. The number of pyridine rings is 1. The standard InChI is InChI=1S/C29H28N6O4/c1-2-38-25-15-19(14-21-20(25)7-10-30-26(21)17-3-4-17)28(37)35-11-8-29(9-12-35)16-23(36)22-13-18(5-6-24(22)39-29)27-31-33-34-32-27/h5-7,10,13-15,17H,2-4,8-9,11-12,16H2,1H3,(H,31,32,33,34). The second-order valence-electron chi connectivity index (χ2n) is 10.6. The van der Waals surface area contributed by atoms with Gasteiger partial charge in [-0.3, -0.25) is 14.6 Å². The molecular formula is C29H28N6O4. The Morgan fingerprint density at radius 3 is 2.74 bits per heavy atom. The number of fused-ring (bicyclic) bond motifs is 2. The predicted octanol–water partition coefficient (Wildman–Crippen LogP) is 4.33. The van der Waals surface area contributed by atoms with E-state index in [9.17, 15) is 9.59 Å². The minimum atomic E-state index is -0.614. The van der Waals surface area contributed by atoms with Gasteiger partial charge >= 0.3 is 0 Å². The summed E-state index contributed by atoms with van der Waals surface area (Å²) in [4.78, 5) is 33.4. The van der Waals surface area contributed by atoms with Crippen LogP contribution in [0, 0.1) is 0 Å². The molecule has 1 aliphatic carbocycles. The second-order valence-corrected chi connectivity index (χ2v) is 10.6. The van der Waals surface area contributed by atoms with Crippen molar-refractivity contribution in [1.29, 1.82) is 0 Å². The van der Waals surface area contributed by atoms with E-state index in [1.807, 2.05) is 42.3 Å². The van der Waals surface area contributed by atoms with Crippen LogP contribution in [-0.4, -0.2) is 67.5 Å². The van der Waals surface area contributed by atoms with Gasteiger partial charge in [-0.25, -0.2) is 0 Å². The third kappa shape index (κ3) is 4.20. The van der Waals surface area contributed by atoms with E-state index in [-0.39, 0.29) is 18.1 Å². The maximum absolute atomic E-state index is 13.7. The van der Waals surface area contributed by atoms with Crippen LogP contribution in [0.5, 0.6) is 11.5 Å². The monoisotopic (exact) mass is 524 g/mol. The van der Waals surface area contributed by atoms with Crippen LogP contribution in [0.15, 0.2) is 42.6 Å². The third-order valence-electron chi connectivity index (χ3n) is 8.04. The molecule has 10 nitrogen and oxygen atoms in total. The van der Waals surface area contributed by atoms with Crippen molar-refractivity contribution in [3.63, 3.8) is 0 Å². The number of carbonyl (C=O) groups excluding carboxylic acids is 2. The summed E-state index contributed by atoms with van der Waals surface area (Å²) >= 11 is 0. The molecule has 1 saturated heterocycles. The number of carbonyl (C=O) groups is 2. The molecule has 1 saturated carbocycles. The molecule has 3 aliphatic rings. The van der Waals surface area contributed by atoms with Crippen LogP contribution >= 0.6 is 0 Å². The van der Waals surface area contributed by atoms with Crippen molar-refractivity contribution in [2.45, 2.75) is 50.5 Å². The number of rotatable bonds is 5. The number of hydrogen-bond donors (Lipinski definition) is 1. The zero-order valence-electron chi connectivity index (χ0n) is 21.6. The fraction of sp³-hybridized carbons (Fsp3) is 0.379. The number of hydrogen-bond acceptors (Lipinski definition) is 8. The minimum Gasteiger partial charge on any atom is -0.493 e. The first-order valence-corrected chi connectivity index (χ1v) is 13.5. The summed E-state index contributed by atoms with van der Waals surface area (Å²) in [5, 5.41) is 16.0. The van der Waals surface area contributed by atoms with E-state index in [4.69, 9.17) is 9.47 Å². The highest BCUT2D eigenvalue weighted by Crippen LogP contribution is 2.44. The minimum absolute atomic E-state index is 0.0253. The first-order valence-electron chi connectivity index (χ1n) is 13.5. The van der Waals surface area contributed by atoms with E-state index >= 15 is 0 Å². The summed E-state index contributed by atoms with van der Waals surface area (Å²) in [6.07, 6.45) is 5.53. The molecule has 2 aliphatic heterocycles. The fourth-order valence-corrected chi connectivity index (χ4v) is 5.85. The molecule has 4 aromatic rings. The number of aromatic amines is 1. The summed E-state index contributed by atoms with van der Waals surface area (Å²) in [6.45, 7) is 3.48. The van der Waals surface area contributed by atoms with Crippen LogP contribution < -0.4 is 9.47 Å². The molecule has 0 bridgehead atoms. The number of amides is 1. The molecule has 198 valence electrons. The number of nitrogens with one attached hydrogen (secondary N) is 1. The van der Waals surface area contributed by atoms with Crippen LogP contribution in [-0.2, 0) is 0 Å². The Kier molecular flexibility index (Phi) is 5.57. The Morgan fingerprint density at radius 1 is 1.15 bits per heavy atom. The first-order chi connectivity index (χ1) is 19.0. The molecule has 7 rings (SSSR count). The maximum atomic E-state index is 13.7. The van der Waals surface area contributed by atoms with Crippen molar-refractivity contribution < 1.29 is 19.1 Å². The van der Waals surface area contributed by atoms with Crippen molar-refractivity contribution in [2.24, 2.45) is 0 Å². The molecule has 1 N–H and O–H groups in total. The number of likely N-dealkylation sites (tertiary alicyclic amines) is 1. The highest BCUT2D eigenvalue weighted by molar-refractivity contribution is 6.02. The third-order valence-corrected chi connectivity index (χ3v) is 8.04. The molecule has 2 aromatic heterocycles. The zero-order chi connectivity index (χ0) is 26.6. The molecule has 4 heterocycles. The molecule has 0 atom stereocenters. The molecule has 0 unspecified atom stereocenters. The van der Waals surface area contributed by atoms with Gasteiger partial charge in [0.05, 0.1) is 24.3 Å².